The molecule has 0 saturated carbocycles. The SMILES string of the molecule is C=CC[C@@H](O)[C@@H](O[Si](C)(C)C(C)(C)C)[C@@H]1COC(C)(C)N1C(=O)OC(C)(C)C. The Morgan fingerprint density at radius 3 is 2.29 bits per heavy atom. The van der Waals surface area contributed by atoms with Crippen LogP contribution in [-0.4, -0.2) is 60.6 Å². The fraction of sp³-hybridized carbons (Fsp3) is 0.857. The second-order valence-corrected chi connectivity index (χ2v) is 15.4. The Kier molecular flexibility index (Phi) is 7.60. The lowest BCUT2D eigenvalue weighted by molar-refractivity contribution is -0.0743. The molecule has 1 aliphatic heterocycles. The third-order valence-electron chi connectivity index (χ3n) is 5.51. The van der Waals surface area contributed by atoms with E-state index in [1.54, 1.807) is 11.0 Å². The van der Waals surface area contributed by atoms with Crippen LogP contribution in [0.25, 0.3) is 0 Å². The Hall–Kier alpha value is -0.893. The van der Waals surface area contributed by atoms with E-state index in [0.29, 0.717) is 6.42 Å². The minimum Gasteiger partial charge on any atom is -0.444 e. The van der Waals surface area contributed by atoms with Crippen molar-refractivity contribution in [3.05, 3.63) is 12.7 Å². The number of carbonyl (C=O) groups is 1. The lowest BCUT2D eigenvalue weighted by atomic mass is 10.0. The van der Waals surface area contributed by atoms with E-state index in [2.05, 4.69) is 40.4 Å². The lowest BCUT2D eigenvalue weighted by Gasteiger charge is -2.44. The number of hydrogen-bond donors (Lipinski definition) is 1. The fourth-order valence-electron chi connectivity index (χ4n) is 2.98. The highest BCUT2D eigenvalue weighted by Crippen LogP contribution is 2.40. The van der Waals surface area contributed by atoms with E-state index in [-0.39, 0.29) is 11.6 Å². The molecular formula is C21H41NO5Si. The molecule has 1 fully saturated rings. The highest BCUT2D eigenvalue weighted by molar-refractivity contribution is 6.74. The number of rotatable bonds is 6. The van der Waals surface area contributed by atoms with Gasteiger partial charge in [0, 0.05) is 0 Å². The molecule has 164 valence electrons. The zero-order chi connectivity index (χ0) is 22.1. The van der Waals surface area contributed by atoms with Gasteiger partial charge in [-0.15, -0.1) is 6.58 Å². The summed E-state index contributed by atoms with van der Waals surface area (Å²) in [5.41, 5.74) is -1.48. The number of nitrogens with zero attached hydrogens (tertiary/aromatic N) is 1. The standard InChI is InChI=1S/C21H41NO5Si/c1-12-13-16(23)17(27-28(10,11)20(5,6)7)15-14-25-21(8,9)22(15)18(24)26-19(2,3)4/h12,15-17,23H,1,13-14H2,2-11H3/t15-,16+,17-/m0/s1. The average Bonchev–Trinajstić information content (AvgIpc) is 2.77. The van der Waals surface area contributed by atoms with Crippen LogP contribution in [0.5, 0.6) is 0 Å². The van der Waals surface area contributed by atoms with E-state index >= 15 is 0 Å². The van der Waals surface area contributed by atoms with Gasteiger partial charge in [0.25, 0.3) is 0 Å². The van der Waals surface area contributed by atoms with Crippen LogP contribution in [0.4, 0.5) is 4.79 Å². The summed E-state index contributed by atoms with van der Waals surface area (Å²) in [6.45, 7) is 23.9. The molecule has 1 saturated heterocycles. The Labute approximate surface area is 172 Å². The first-order valence-electron chi connectivity index (χ1n) is 10.1. The van der Waals surface area contributed by atoms with Crippen LogP contribution in [0.1, 0.15) is 61.8 Å². The van der Waals surface area contributed by atoms with Gasteiger partial charge in [-0.05, 0) is 59.2 Å². The Morgan fingerprint density at radius 2 is 1.86 bits per heavy atom. The Morgan fingerprint density at radius 1 is 1.32 bits per heavy atom. The molecule has 7 heteroatoms. The van der Waals surface area contributed by atoms with E-state index in [1.807, 2.05) is 34.6 Å². The smallest absolute Gasteiger partial charge is 0.412 e. The lowest BCUT2D eigenvalue weighted by Crippen LogP contribution is -2.59. The Bertz CT molecular complexity index is 562. The molecule has 0 radical (unpaired) electrons. The zero-order valence-electron chi connectivity index (χ0n) is 19.5. The summed E-state index contributed by atoms with van der Waals surface area (Å²) >= 11 is 0. The van der Waals surface area contributed by atoms with E-state index in [1.165, 1.54) is 0 Å². The van der Waals surface area contributed by atoms with Gasteiger partial charge in [-0.1, -0.05) is 26.8 Å². The maximum atomic E-state index is 13.0. The molecule has 1 rings (SSSR count). The number of carbonyl (C=O) groups excluding carboxylic acids is 1. The van der Waals surface area contributed by atoms with Gasteiger partial charge in [0.15, 0.2) is 8.32 Å². The van der Waals surface area contributed by atoms with Crippen LogP contribution in [0, 0.1) is 0 Å². The van der Waals surface area contributed by atoms with Crippen LogP contribution in [-0.2, 0) is 13.9 Å². The summed E-state index contributed by atoms with van der Waals surface area (Å²) in [7, 11) is -2.21. The molecule has 1 amide bonds. The van der Waals surface area contributed by atoms with Gasteiger partial charge in [-0.2, -0.15) is 0 Å². The maximum Gasteiger partial charge on any atom is 0.412 e. The first-order valence-corrected chi connectivity index (χ1v) is 13.0. The molecule has 0 unspecified atom stereocenters. The highest BCUT2D eigenvalue weighted by atomic mass is 28.4. The van der Waals surface area contributed by atoms with Crippen molar-refractivity contribution in [3.63, 3.8) is 0 Å². The number of hydrogen-bond acceptors (Lipinski definition) is 5. The van der Waals surface area contributed by atoms with Gasteiger partial charge < -0.3 is 19.0 Å². The van der Waals surface area contributed by atoms with Gasteiger partial charge in [-0.3, -0.25) is 4.90 Å². The molecule has 0 aromatic rings. The maximum absolute atomic E-state index is 13.0. The summed E-state index contributed by atoms with van der Waals surface area (Å²) in [6, 6.07) is -0.450. The van der Waals surface area contributed by atoms with Gasteiger partial charge in [0.05, 0.1) is 24.9 Å². The molecule has 0 aromatic carbocycles. The van der Waals surface area contributed by atoms with Crippen molar-refractivity contribution < 1.29 is 23.8 Å². The van der Waals surface area contributed by atoms with Crippen molar-refractivity contribution in [2.45, 2.75) is 110 Å². The van der Waals surface area contributed by atoms with Crippen molar-refractivity contribution in [3.8, 4) is 0 Å². The number of aliphatic hydroxyl groups excluding tert-OH is 1. The van der Waals surface area contributed by atoms with Crippen LogP contribution in [0.2, 0.25) is 18.1 Å². The van der Waals surface area contributed by atoms with Crippen LogP contribution in [0.3, 0.4) is 0 Å². The first kappa shape index (κ1) is 25.1. The fourth-order valence-corrected chi connectivity index (χ4v) is 4.32. The quantitative estimate of drug-likeness (QED) is 0.504. The van der Waals surface area contributed by atoms with E-state index in [4.69, 9.17) is 13.9 Å². The predicted molar refractivity (Wildman–Crippen MR) is 115 cm³/mol. The monoisotopic (exact) mass is 415 g/mol. The molecule has 0 aromatic heterocycles. The summed E-state index contributed by atoms with van der Waals surface area (Å²) in [6.07, 6.45) is 0.200. The number of amides is 1. The largest absolute Gasteiger partial charge is 0.444 e. The average molecular weight is 416 g/mol. The van der Waals surface area contributed by atoms with Crippen molar-refractivity contribution in [2.75, 3.05) is 6.61 Å². The van der Waals surface area contributed by atoms with Gasteiger partial charge in [0.2, 0.25) is 0 Å². The third kappa shape index (κ3) is 6.05. The molecule has 1 heterocycles. The zero-order valence-corrected chi connectivity index (χ0v) is 20.5. The first-order chi connectivity index (χ1) is 12.4. The van der Waals surface area contributed by atoms with Crippen LogP contribution < -0.4 is 0 Å². The molecule has 1 N–H and O–H groups in total. The number of ether oxygens (including phenoxy) is 2. The van der Waals surface area contributed by atoms with Crippen molar-refractivity contribution in [2.24, 2.45) is 0 Å². The normalized spacial score (nSPS) is 22.7. The van der Waals surface area contributed by atoms with E-state index in [9.17, 15) is 9.90 Å². The summed E-state index contributed by atoms with van der Waals surface area (Å²) in [5, 5.41) is 10.9. The summed E-state index contributed by atoms with van der Waals surface area (Å²) in [5.74, 6) is 0. The second-order valence-electron chi connectivity index (χ2n) is 10.6. The molecular weight excluding hydrogens is 374 g/mol. The molecule has 0 bridgehead atoms. The van der Waals surface area contributed by atoms with Gasteiger partial charge in [-0.25, -0.2) is 4.79 Å². The van der Waals surface area contributed by atoms with Gasteiger partial charge in [0.1, 0.15) is 11.3 Å². The molecule has 0 spiro atoms. The van der Waals surface area contributed by atoms with Crippen molar-refractivity contribution in [1.82, 2.24) is 4.90 Å². The van der Waals surface area contributed by atoms with E-state index < -0.39 is 44.0 Å². The third-order valence-corrected chi connectivity index (χ3v) is 9.99. The molecule has 28 heavy (non-hydrogen) atoms. The van der Waals surface area contributed by atoms with Crippen LogP contribution >= 0.6 is 0 Å². The Balaban J connectivity index is 3.29. The molecule has 0 aliphatic carbocycles. The minimum atomic E-state index is -2.21. The predicted octanol–water partition coefficient (Wildman–Crippen LogP) is 4.69. The van der Waals surface area contributed by atoms with Crippen LogP contribution in [0.15, 0.2) is 12.7 Å². The summed E-state index contributed by atoms with van der Waals surface area (Å²) in [4.78, 5) is 14.6. The molecule has 1 aliphatic rings. The number of aliphatic hydroxyl groups is 1. The molecule has 3 atom stereocenters. The summed E-state index contributed by atoms with van der Waals surface area (Å²) < 4.78 is 18.2. The van der Waals surface area contributed by atoms with Gasteiger partial charge >= 0.3 is 6.09 Å². The topological polar surface area (TPSA) is 68.2 Å². The van der Waals surface area contributed by atoms with E-state index in [0.717, 1.165) is 0 Å². The van der Waals surface area contributed by atoms with Crippen molar-refractivity contribution in [1.29, 1.82) is 0 Å². The minimum absolute atomic E-state index is 0.0368. The highest BCUT2D eigenvalue weighted by Gasteiger charge is 2.52. The molecule has 6 nitrogen and oxygen atoms in total. The van der Waals surface area contributed by atoms with Crippen molar-refractivity contribution >= 4 is 14.4 Å². The second kappa shape index (κ2) is 8.46.